The van der Waals surface area contributed by atoms with Crippen LogP contribution in [0.4, 0.5) is 11.4 Å². The average molecular weight is 233 g/mol. The van der Waals surface area contributed by atoms with Gasteiger partial charge in [0.25, 0.3) is 0 Å². The fourth-order valence-corrected chi connectivity index (χ4v) is 1.50. The van der Waals surface area contributed by atoms with Crippen molar-refractivity contribution in [3.8, 4) is 5.75 Å². The van der Waals surface area contributed by atoms with Gasteiger partial charge in [0.05, 0.1) is 13.2 Å². The molecule has 0 atom stereocenters. The number of hydrogen-bond acceptors (Lipinski definition) is 5. The molecule has 0 unspecified atom stereocenters. The number of nitrogens with one attached hydrogen (secondary N) is 1. The summed E-state index contributed by atoms with van der Waals surface area (Å²) in [4.78, 5) is 0. The SMILES string of the molecule is CCOc1cc(N)cc(NCc2ccon2)c1. The number of benzene rings is 1. The van der Waals surface area contributed by atoms with E-state index < -0.39 is 0 Å². The van der Waals surface area contributed by atoms with Gasteiger partial charge in [0.1, 0.15) is 17.7 Å². The van der Waals surface area contributed by atoms with Crippen molar-refractivity contribution in [3.63, 3.8) is 0 Å². The number of rotatable bonds is 5. The first-order valence-corrected chi connectivity index (χ1v) is 5.44. The Hall–Kier alpha value is -2.17. The Bertz CT molecular complexity index is 469. The van der Waals surface area contributed by atoms with Gasteiger partial charge in [-0.15, -0.1) is 0 Å². The lowest BCUT2D eigenvalue weighted by molar-refractivity contribution is 0.340. The molecule has 2 rings (SSSR count). The van der Waals surface area contributed by atoms with Crippen molar-refractivity contribution >= 4 is 11.4 Å². The standard InChI is InChI=1S/C12H15N3O2/c1-2-16-12-6-9(13)5-11(7-12)14-8-10-3-4-17-15-10/h3-7,14H,2,8,13H2,1H3. The zero-order valence-corrected chi connectivity index (χ0v) is 9.64. The third-order valence-corrected chi connectivity index (χ3v) is 2.20. The van der Waals surface area contributed by atoms with Gasteiger partial charge in [-0.05, 0) is 13.0 Å². The van der Waals surface area contributed by atoms with Crippen molar-refractivity contribution < 1.29 is 9.26 Å². The van der Waals surface area contributed by atoms with Crippen LogP contribution in [0.25, 0.3) is 0 Å². The summed E-state index contributed by atoms with van der Waals surface area (Å²) in [6.07, 6.45) is 1.54. The predicted octanol–water partition coefficient (Wildman–Crippen LogP) is 2.27. The largest absolute Gasteiger partial charge is 0.494 e. The molecule has 3 N–H and O–H groups in total. The van der Waals surface area contributed by atoms with Gasteiger partial charge in [-0.25, -0.2) is 0 Å². The maximum atomic E-state index is 5.78. The fraction of sp³-hybridized carbons (Fsp3) is 0.250. The van der Waals surface area contributed by atoms with Gasteiger partial charge in [-0.2, -0.15) is 0 Å². The van der Waals surface area contributed by atoms with Gasteiger partial charge in [0.15, 0.2) is 0 Å². The predicted molar refractivity (Wildman–Crippen MR) is 65.9 cm³/mol. The molecule has 0 fully saturated rings. The number of aromatic nitrogens is 1. The van der Waals surface area contributed by atoms with E-state index in [0.717, 1.165) is 17.1 Å². The third-order valence-electron chi connectivity index (χ3n) is 2.20. The second-order valence-electron chi connectivity index (χ2n) is 3.57. The minimum atomic E-state index is 0.589. The smallest absolute Gasteiger partial charge is 0.124 e. The highest BCUT2D eigenvalue weighted by molar-refractivity contribution is 5.59. The third kappa shape index (κ3) is 3.14. The number of ether oxygens (including phenoxy) is 1. The first-order chi connectivity index (χ1) is 8.28. The highest BCUT2D eigenvalue weighted by atomic mass is 16.5. The van der Waals surface area contributed by atoms with Crippen LogP contribution in [-0.2, 0) is 6.54 Å². The van der Waals surface area contributed by atoms with Crippen molar-refractivity contribution in [1.29, 1.82) is 0 Å². The quantitative estimate of drug-likeness (QED) is 0.775. The number of nitrogen functional groups attached to an aromatic ring is 1. The molecule has 1 aromatic heterocycles. The van der Waals surface area contributed by atoms with Gasteiger partial charge < -0.3 is 20.3 Å². The van der Waals surface area contributed by atoms with E-state index >= 15 is 0 Å². The molecular weight excluding hydrogens is 218 g/mol. The molecule has 2 aromatic rings. The zero-order chi connectivity index (χ0) is 12.1. The summed E-state index contributed by atoms with van der Waals surface area (Å²) in [7, 11) is 0. The molecule has 0 spiro atoms. The summed E-state index contributed by atoms with van der Waals surface area (Å²) in [5.74, 6) is 0.759. The second kappa shape index (κ2) is 5.25. The van der Waals surface area contributed by atoms with Crippen LogP contribution in [0.1, 0.15) is 12.6 Å². The lowest BCUT2D eigenvalue weighted by Crippen LogP contribution is -2.01. The molecule has 0 aliphatic carbocycles. The first kappa shape index (κ1) is 11.3. The highest BCUT2D eigenvalue weighted by Gasteiger charge is 2.01. The van der Waals surface area contributed by atoms with E-state index in [-0.39, 0.29) is 0 Å². The second-order valence-corrected chi connectivity index (χ2v) is 3.57. The Kier molecular flexibility index (Phi) is 3.49. The summed E-state index contributed by atoms with van der Waals surface area (Å²) in [6.45, 7) is 3.14. The molecule has 0 amide bonds. The minimum absolute atomic E-state index is 0.589. The van der Waals surface area contributed by atoms with Crippen LogP contribution in [0.2, 0.25) is 0 Å². The fourth-order valence-electron chi connectivity index (χ4n) is 1.50. The van der Waals surface area contributed by atoms with Gasteiger partial charge in [0.2, 0.25) is 0 Å². The lowest BCUT2D eigenvalue weighted by atomic mass is 10.2. The Balaban J connectivity index is 2.04. The first-order valence-electron chi connectivity index (χ1n) is 5.44. The molecule has 0 aliphatic rings. The number of anilines is 2. The summed E-state index contributed by atoms with van der Waals surface area (Å²) in [6, 6.07) is 7.36. The zero-order valence-electron chi connectivity index (χ0n) is 9.64. The Morgan fingerprint density at radius 2 is 2.29 bits per heavy atom. The highest BCUT2D eigenvalue weighted by Crippen LogP contribution is 2.22. The average Bonchev–Trinajstić information content (AvgIpc) is 2.79. The van der Waals surface area contributed by atoms with Crippen LogP contribution in [0.15, 0.2) is 35.1 Å². The molecule has 90 valence electrons. The summed E-state index contributed by atoms with van der Waals surface area (Å²) in [5.41, 5.74) is 8.19. The van der Waals surface area contributed by atoms with Gasteiger partial charge >= 0.3 is 0 Å². The van der Waals surface area contributed by atoms with Crippen LogP contribution in [-0.4, -0.2) is 11.8 Å². The van der Waals surface area contributed by atoms with Crippen LogP contribution in [0.3, 0.4) is 0 Å². The normalized spacial score (nSPS) is 10.2. The van der Waals surface area contributed by atoms with Crippen LogP contribution in [0.5, 0.6) is 5.75 Å². The molecule has 1 aromatic carbocycles. The molecule has 17 heavy (non-hydrogen) atoms. The van der Waals surface area contributed by atoms with E-state index in [4.69, 9.17) is 15.0 Å². The van der Waals surface area contributed by atoms with E-state index in [1.165, 1.54) is 0 Å². The van der Waals surface area contributed by atoms with E-state index in [2.05, 4.69) is 10.5 Å². The monoisotopic (exact) mass is 233 g/mol. The summed E-state index contributed by atoms with van der Waals surface area (Å²) >= 11 is 0. The molecule has 0 aliphatic heterocycles. The Morgan fingerprint density at radius 1 is 1.41 bits per heavy atom. The molecule has 5 nitrogen and oxygen atoms in total. The Labute approximate surface area is 99.6 Å². The number of nitrogens with zero attached hydrogens (tertiary/aromatic N) is 1. The summed E-state index contributed by atoms with van der Waals surface area (Å²) in [5, 5.41) is 7.02. The molecule has 1 heterocycles. The number of hydrogen-bond donors (Lipinski definition) is 2. The van der Waals surface area contributed by atoms with Crippen LogP contribution in [0, 0.1) is 0 Å². The van der Waals surface area contributed by atoms with Gasteiger partial charge in [-0.1, -0.05) is 5.16 Å². The molecular formula is C12H15N3O2. The molecule has 5 heteroatoms. The van der Waals surface area contributed by atoms with E-state index in [0.29, 0.717) is 18.8 Å². The topological polar surface area (TPSA) is 73.3 Å². The molecule has 0 bridgehead atoms. The van der Waals surface area contributed by atoms with Crippen molar-refractivity contribution in [1.82, 2.24) is 5.16 Å². The maximum Gasteiger partial charge on any atom is 0.124 e. The molecule has 0 radical (unpaired) electrons. The van der Waals surface area contributed by atoms with Crippen molar-refractivity contribution in [3.05, 3.63) is 36.2 Å². The maximum absolute atomic E-state index is 5.78. The lowest BCUT2D eigenvalue weighted by Gasteiger charge is -2.09. The van der Waals surface area contributed by atoms with E-state index in [1.54, 1.807) is 12.3 Å². The minimum Gasteiger partial charge on any atom is -0.494 e. The Morgan fingerprint density at radius 3 is 3.00 bits per heavy atom. The van der Waals surface area contributed by atoms with Gasteiger partial charge in [0, 0.05) is 29.6 Å². The van der Waals surface area contributed by atoms with Crippen LogP contribution >= 0.6 is 0 Å². The molecule has 0 saturated heterocycles. The van der Waals surface area contributed by atoms with Crippen molar-refractivity contribution in [2.24, 2.45) is 0 Å². The molecule has 0 saturated carbocycles. The van der Waals surface area contributed by atoms with Crippen LogP contribution < -0.4 is 15.8 Å². The van der Waals surface area contributed by atoms with Crippen molar-refractivity contribution in [2.45, 2.75) is 13.5 Å². The summed E-state index contributed by atoms with van der Waals surface area (Å²) < 4.78 is 10.2. The van der Waals surface area contributed by atoms with Gasteiger partial charge in [-0.3, -0.25) is 0 Å². The number of nitrogens with two attached hydrogens (primary N) is 1. The van der Waals surface area contributed by atoms with E-state index in [9.17, 15) is 0 Å². The van der Waals surface area contributed by atoms with E-state index in [1.807, 2.05) is 25.1 Å². The van der Waals surface area contributed by atoms with Crippen molar-refractivity contribution in [2.75, 3.05) is 17.7 Å².